The second-order valence-corrected chi connectivity index (χ2v) is 10.4. The van der Waals surface area contributed by atoms with Crippen LogP contribution in [0.1, 0.15) is 25.0 Å². The molecule has 0 saturated carbocycles. The summed E-state index contributed by atoms with van der Waals surface area (Å²) in [6, 6.07) is 24.9. The molecule has 3 aromatic carbocycles. The van der Waals surface area contributed by atoms with E-state index in [1.165, 1.54) is 11.8 Å². The van der Waals surface area contributed by atoms with E-state index >= 15 is 0 Å². The third-order valence-corrected chi connectivity index (χ3v) is 7.20. The fourth-order valence-electron chi connectivity index (χ4n) is 4.38. The predicted molar refractivity (Wildman–Crippen MR) is 153 cm³/mol. The Bertz CT molecular complexity index is 1390. The van der Waals surface area contributed by atoms with Crippen molar-refractivity contribution in [2.75, 3.05) is 18.1 Å². The zero-order valence-corrected chi connectivity index (χ0v) is 22.7. The lowest BCUT2D eigenvalue weighted by atomic mass is 10.0. The lowest BCUT2D eigenvalue weighted by Gasteiger charge is -2.25. The van der Waals surface area contributed by atoms with E-state index in [2.05, 4.69) is 5.32 Å². The third-order valence-electron chi connectivity index (χ3n) is 6.20. The molecular formula is C31H30N2O5S. The van der Waals surface area contributed by atoms with Crippen molar-refractivity contribution in [1.29, 1.82) is 0 Å². The number of esters is 1. The normalized spacial score (nSPS) is 13.5. The summed E-state index contributed by atoms with van der Waals surface area (Å²) in [7, 11) is 0. The summed E-state index contributed by atoms with van der Waals surface area (Å²) in [4.78, 5) is 53.0. The Morgan fingerprint density at radius 2 is 1.67 bits per heavy atom. The molecule has 1 aliphatic rings. The lowest BCUT2D eigenvalue weighted by molar-refractivity contribution is -0.142. The van der Waals surface area contributed by atoms with Crippen LogP contribution in [0, 0.1) is 0 Å². The highest BCUT2D eigenvalue weighted by molar-refractivity contribution is 8.14. The topological polar surface area (TPSA) is 92.8 Å². The number of nitrogens with one attached hydrogen (secondary N) is 1. The van der Waals surface area contributed by atoms with Crippen molar-refractivity contribution in [1.82, 2.24) is 5.32 Å². The zero-order chi connectivity index (χ0) is 27.8. The van der Waals surface area contributed by atoms with E-state index in [0.29, 0.717) is 18.5 Å². The maximum Gasteiger partial charge on any atom is 0.326 e. The Morgan fingerprint density at radius 1 is 0.974 bits per heavy atom. The Kier molecular flexibility index (Phi) is 9.33. The fraction of sp³-hybridized carbons (Fsp3) is 0.226. The van der Waals surface area contributed by atoms with Crippen molar-refractivity contribution in [2.45, 2.75) is 31.9 Å². The molecule has 0 fully saturated rings. The number of hydrogen-bond acceptors (Lipinski definition) is 6. The molecule has 0 aliphatic carbocycles. The Balaban J connectivity index is 1.63. The maximum absolute atomic E-state index is 13.8. The summed E-state index contributed by atoms with van der Waals surface area (Å²) in [5.41, 5.74) is 4.23. The molecular weight excluding hydrogens is 512 g/mol. The molecule has 0 radical (unpaired) electrons. The first-order valence-electron chi connectivity index (χ1n) is 12.7. The van der Waals surface area contributed by atoms with Crippen molar-refractivity contribution >= 4 is 40.3 Å². The smallest absolute Gasteiger partial charge is 0.326 e. The van der Waals surface area contributed by atoms with Crippen LogP contribution in [0.25, 0.3) is 11.1 Å². The summed E-state index contributed by atoms with van der Waals surface area (Å²) in [6.07, 6.45) is 2.35. The number of benzene rings is 3. The fourth-order valence-corrected chi connectivity index (χ4v) is 5.22. The van der Waals surface area contributed by atoms with Gasteiger partial charge in [-0.25, -0.2) is 0 Å². The van der Waals surface area contributed by atoms with Crippen LogP contribution in [-0.4, -0.2) is 41.3 Å². The molecule has 0 saturated heterocycles. The molecule has 1 N–H and O–H groups in total. The molecule has 4 rings (SSSR count). The zero-order valence-electron chi connectivity index (χ0n) is 21.9. The van der Waals surface area contributed by atoms with Gasteiger partial charge in [-0.3, -0.25) is 24.1 Å². The second-order valence-electron chi connectivity index (χ2n) is 9.00. The number of amides is 2. The van der Waals surface area contributed by atoms with Crippen molar-refractivity contribution in [2.24, 2.45) is 0 Å². The summed E-state index contributed by atoms with van der Waals surface area (Å²) in [5.74, 6) is -1.53. The first kappa shape index (κ1) is 27.9. The van der Waals surface area contributed by atoms with Crippen molar-refractivity contribution in [3.05, 3.63) is 102 Å². The molecule has 39 heavy (non-hydrogen) atoms. The van der Waals surface area contributed by atoms with Gasteiger partial charge in [-0.05, 0) is 48.1 Å². The van der Waals surface area contributed by atoms with E-state index in [4.69, 9.17) is 4.74 Å². The van der Waals surface area contributed by atoms with Crippen LogP contribution >= 0.6 is 11.8 Å². The van der Waals surface area contributed by atoms with Gasteiger partial charge in [-0.2, -0.15) is 0 Å². The van der Waals surface area contributed by atoms with Crippen LogP contribution in [0.2, 0.25) is 0 Å². The third kappa shape index (κ3) is 7.23. The monoisotopic (exact) mass is 542 g/mol. The molecule has 1 heterocycles. The number of nitrogens with zero attached hydrogens (tertiary/aromatic N) is 1. The summed E-state index contributed by atoms with van der Waals surface area (Å²) < 4.78 is 5.15. The van der Waals surface area contributed by atoms with Gasteiger partial charge in [0.05, 0.1) is 11.9 Å². The van der Waals surface area contributed by atoms with Gasteiger partial charge in [0, 0.05) is 12.6 Å². The van der Waals surface area contributed by atoms with Crippen molar-refractivity contribution in [3.8, 4) is 11.1 Å². The molecule has 0 unspecified atom stereocenters. The average molecular weight is 543 g/mol. The second kappa shape index (κ2) is 13.1. The Morgan fingerprint density at radius 3 is 2.33 bits per heavy atom. The number of fused-ring (bicyclic) bond motifs is 1. The average Bonchev–Trinajstić information content (AvgIpc) is 3.05. The Labute approximate surface area is 232 Å². The number of thioether (sulfide) groups is 1. The summed E-state index contributed by atoms with van der Waals surface area (Å²) >= 11 is 0.925. The SMILES string of the molecule is CCOC(=O)CN1C(=O)C(NC(=O)[C@H](Cc2ccccc2)SC(C)=O)=CCc2ccc(-c3ccccc3)cc21. The number of ether oxygens (including phenoxy) is 1. The van der Waals surface area contributed by atoms with Crippen LogP contribution in [0.4, 0.5) is 5.69 Å². The van der Waals surface area contributed by atoms with Gasteiger partial charge in [0.1, 0.15) is 12.2 Å². The molecule has 3 aromatic rings. The van der Waals surface area contributed by atoms with Gasteiger partial charge >= 0.3 is 5.97 Å². The first-order valence-corrected chi connectivity index (χ1v) is 13.6. The standard InChI is InChI=1S/C31H30N2O5S/c1-3-38-29(35)20-33-27-19-25(23-12-8-5-9-13-23)15-14-24(27)16-17-26(31(33)37)32-30(36)28(39-21(2)34)18-22-10-6-4-7-11-22/h4-15,17,19,28H,3,16,18,20H2,1-2H3,(H,32,36)/t28-/m0/s1. The minimum Gasteiger partial charge on any atom is -0.465 e. The molecule has 1 aliphatic heterocycles. The van der Waals surface area contributed by atoms with Gasteiger partial charge in [-0.1, -0.05) is 90.6 Å². The van der Waals surface area contributed by atoms with Gasteiger partial charge in [0.25, 0.3) is 5.91 Å². The highest BCUT2D eigenvalue weighted by Gasteiger charge is 2.31. The number of allylic oxidation sites excluding steroid dienone is 1. The molecule has 200 valence electrons. The van der Waals surface area contributed by atoms with E-state index < -0.39 is 23.0 Å². The maximum atomic E-state index is 13.8. The highest BCUT2D eigenvalue weighted by Crippen LogP contribution is 2.32. The number of carbonyl (C=O) groups excluding carboxylic acids is 4. The summed E-state index contributed by atoms with van der Waals surface area (Å²) in [6.45, 7) is 2.99. The summed E-state index contributed by atoms with van der Waals surface area (Å²) in [5, 5.41) is 1.83. The van der Waals surface area contributed by atoms with Gasteiger partial charge in [0.2, 0.25) is 5.91 Å². The molecule has 8 heteroatoms. The molecule has 0 bridgehead atoms. The number of carbonyl (C=O) groups is 4. The van der Waals surface area contributed by atoms with Crippen molar-refractivity contribution in [3.63, 3.8) is 0 Å². The molecule has 1 atom stereocenters. The van der Waals surface area contributed by atoms with E-state index in [1.807, 2.05) is 78.9 Å². The van der Waals surface area contributed by atoms with E-state index in [1.54, 1.807) is 13.0 Å². The number of hydrogen-bond donors (Lipinski definition) is 1. The van der Waals surface area contributed by atoms with Crippen LogP contribution in [0.15, 0.2) is 90.6 Å². The quantitative estimate of drug-likeness (QED) is 0.394. The van der Waals surface area contributed by atoms with E-state index in [9.17, 15) is 19.2 Å². The molecule has 7 nitrogen and oxygen atoms in total. The lowest BCUT2D eigenvalue weighted by Crippen LogP contribution is -2.43. The minimum atomic E-state index is -0.729. The molecule has 0 aromatic heterocycles. The largest absolute Gasteiger partial charge is 0.465 e. The van der Waals surface area contributed by atoms with Gasteiger partial charge < -0.3 is 10.1 Å². The first-order chi connectivity index (χ1) is 18.9. The Hall–Kier alpha value is -4.17. The number of rotatable bonds is 9. The van der Waals surface area contributed by atoms with E-state index in [-0.39, 0.29) is 24.0 Å². The van der Waals surface area contributed by atoms with Crippen LogP contribution in [0.3, 0.4) is 0 Å². The van der Waals surface area contributed by atoms with Crippen LogP contribution in [0.5, 0.6) is 0 Å². The van der Waals surface area contributed by atoms with Crippen LogP contribution < -0.4 is 10.2 Å². The highest BCUT2D eigenvalue weighted by atomic mass is 32.2. The number of anilines is 1. The predicted octanol–water partition coefficient (Wildman–Crippen LogP) is 4.70. The van der Waals surface area contributed by atoms with Gasteiger partial charge in [0.15, 0.2) is 5.12 Å². The van der Waals surface area contributed by atoms with E-state index in [0.717, 1.165) is 34.0 Å². The molecule has 2 amide bonds. The minimum absolute atomic E-state index is 0.0592. The van der Waals surface area contributed by atoms with Crippen LogP contribution in [-0.2, 0) is 36.8 Å². The van der Waals surface area contributed by atoms with Crippen molar-refractivity contribution < 1.29 is 23.9 Å². The molecule has 0 spiro atoms. The van der Waals surface area contributed by atoms with Gasteiger partial charge in [-0.15, -0.1) is 0 Å².